The largest absolute Gasteiger partial charge is 0.367 e. The molecule has 0 saturated carbocycles. The third kappa shape index (κ3) is 2.94. The fourth-order valence-corrected chi connectivity index (χ4v) is 1.95. The van der Waals surface area contributed by atoms with Crippen LogP contribution in [0.2, 0.25) is 0 Å². The van der Waals surface area contributed by atoms with Crippen LogP contribution in [-0.4, -0.2) is 10.9 Å². The van der Waals surface area contributed by atoms with Crippen LogP contribution in [0.4, 0.5) is 4.39 Å². The quantitative estimate of drug-likeness (QED) is 0.899. The first-order valence-electron chi connectivity index (χ1n) is 5.02. The Kier molecular flexibility index (Phi) is 3.58. The zero-order valence-corrected chi connectivity index (χ0v) is 10.4. The lowest BCUT2D eigenvalue weighted by molar-refractivity contribution is 0.0950. The van der Waals surface area contributed by atoms with E-state index in [1.807, 2.05) is 6.07 Å². The van der Waals surface area contributed by atoms with Crippen molar-refractivity contribution in [1.82, 2.24) is 10.3 Å². The number of benzene rings is 1. The number of halogens is 2. The minimum absolute atomic E-state index is 0.238. The van der Waals surface area contributed by atoms with E-state index in [4.69, 9.17) is 0 Å². The Bertz CT molecular complexity index is 525. The molecule has 3 nitrogen and oxygen atoms in total. The lowest BCUT2D eigenvalue weighted by Gasteiger charge is -2.05. The highest BCUT2D eigenvalue weighted by Crippen LogP contribution is 2.17. The Labute approximate surface area is 106 Å². The number of hydrogen-bond donors (Lipinski definition) is 2. The van der Waals surface area contributed by atoms with Gasteiger partial charge in [0.2, 0.25) is 0 Å². The monoisotopic (exact) mass is 296 g/mol. The van der Waals surface area contributed by atoms with Gasteiger partial charge in [-0.3, -0.25) is 4.79 Å². The highest BCUT2D eigenvalue weighted by Gasteiger charge is 2.10. The second-order valence-electron chi connectivity index (χ2n) is 3.53. The van der Waals surface area contributed by atoms with E-state index in [-0.39, 0.29) is 11.7 Å². The molecule has 2 aromatic rings. The minimum Gasteiger partial charge on any atom is -0.367 e. The second-order valence-corrected chi connectivity index (χ2v) is 4.38. The molecule has 0 radical (unpaired) electrons. The van der Waals surface area contributed by atoms with Gasteiger partial charge in [-0.1, -0.05) is 0 Å². The van der Waals surface area contributed by atoms with Crippen molar-refractivity contribution in [2.45, 2.75) is 6.54 Å². The number of amides is 1. The summed E-state index contributed by atoms with van der Waals surface area (Å²) in [6, 6.07) is 5.85. The predicted molar refractivity (Wildman–Crippen MR) is 66.1 cm³/mol. The molecule has 0 saturated heterocycles. The molecule has 1 aromatic carbocycles. The van der Waals surface area contributed by atoms with Crippen LogP contribution in [0.25, 0.3) is 0 Å². The Morgan fingerprint density at radius 3 is 2.88 bits per heavy atom. The predicted octanol–water partition coefficient (Wildman–Crippen LogP) is 2.85. The Balaban J connectivity index is 2.04. The smallest absolute Gasteiger partial charge is 0.252 e. The normalized spacial score (nSPS) is 10.2. The van der Waals surface area contributed by atoms with Crippen molar-refractivity contribution < 1.29 is 9.18 Å². The van der Waals surface area contributed by atoms with Gasteiger partial charge in [0.25, 0.3) is 5.91 Å². The summed E-state index contributed by atoms with van der Waals surface area (Å²) in [5, 5.41) is 2.75. The number of H-pyrrole nitrogens is 1. The van der Waals surface area contributed by atoms with Crippen molar-refractivity contribution in [1.29, 1.82) is 0 Å². The number of rotatable bonds is 3. The lowest BCUT2D eigenvalue weighted by Crippen LogP contribution is -2.22. The summed E-state index contributed by atoms with van der Waals surface area (Å²) in [7, 11) is 0. The molecular formula is C12H10BrFN2O. The Morgan fingerprint density at radius 2 is 2.24 bits per heavy atom. The summed E-state index contributed by atoms with van der Waals surface area (Å²) in [5.41, 5.74) is 1.40. The maximum atomic E-state index is 12.9. The van der Waals surface area contributed by atoms with E-state index in [0.29, 0.717) is 16.6 Å². The highest BCUT2D eigenvalue weighted by atomic mass is 79.9. The molecule has 1 amide bonds. The zero-order valence-electron chi connectivity index (χ0n) is 8.84. The summed E-state index contributed by atoms with van der Waals surface area (Å²) in [4.78, 5) is 14.7. The number of aromatic amines is 1. The summed E-state index contributed by atoms with van der Waals surface area (Å²) in [5.74, 6) is -0.614. The molecule has 0 aliphatic carbocycles. The first-order valence-corrected chi connectivity index (χ1v) is 5.81. The molecule has 0 aliphatic heterocycles. The second kappa shape index (κ2) is 5.14. The van der Waals surface area contributed by atoms with E-state index in [1.165, 1.54) is 18.2 Å². The zero-order chi connectivity index (χ0) is 12.3. The van der Waals surface area contributed by atoms with Crippen molar-refractivity contribution >= 4 is 21.8 Å². The molecule has 0 spiro atoms. The molecule has 0 fully saturated rings. The molecular weight excluding hydrogens is 287 g/mol. The van der Waals surface area contributed by atoms with Crippen LogP contribution in [0, 0.1) is 5.82 Å². The first kappa shape index (κ1) is 11.9. The van der Waals surface area contributed by atoms with E-state index < -0.39 is 0 Å². The van der Waals surface area contributed by atoms with Gasteiger partial charge in [0.05, 0.1) is 5.56 Å². The van der Waals surface area contributed by atoms with Crippen molar-refractivity contribution in [3.05, 3.63) is 58.1 Å². The first-order chi connectivity index (χ1) is 8.16. The van der Waals surface area contributed by atoms with Crippen molar-refractivity contribution in [3.63, 3.8) is 0 Å². The summed E-state index contributed by atoms with van der Waals surface area (Å²) < 4.78 is 13.3. The topological polar surface area (TPSA) is 44.9 Å². The molecule has 1 aromatic heterocycles. The van der Waals surface area contributed by atoms with E-state index in [0.717, 1.165) is 5.56 Å². The van der Waals surface area contributed by atoms with Crippen LogP contribution >= 0.6 is 15.9 Å². The van der Waals surface area contributed by atoms with Gasteiger partial charge in [-0.2, -0.15) is 0 Å². The van der Waals surface area contributed by atoms with E-state index >= 15 is 0 Å². The van der Waals surface area contributed by atoms with Gasteiger partial charge in [0, 0.05) is 23.4 Å². The van der Waals surface area contributed by atoms with Crippen LogP contribution in [-0.2, 0) is 6.54 Å². The van der Waals surface area contributed by atoms with Gasteiger partial charge in [0.1, 0.15) is 5.82 Å². The average molecular weight is 297 g/mol. The molecule has 88 valence electrons. The standard InChI is InChI=1S/C12H10BrFN2O/c13-11-5-9(14)1-2-10(11)12(17)16-7-8-3-4-15-6-8/h1-6,15H,7H2,(H,16,17). The third-order valence-corrected chi connectivity index (χ3v) is 2.95. The lowest BCUT2D eigenvalue weighted by atomic mass is 10.2. The van der Waals surface area contributed by atoms with Gasteiger partial charge in [-0.25, -0.2) is 4.39 Å². The number of hydrogen-bond acceptors (Lipinski definition) is 1. The van der Waals surface area contributed by atoms with Crippen LogP contribution in [0.5, 0.6) is 0 Å². The van der Waals surface area contributed by atoms with Crippen molar-refractivity contribution in [3.8, 4) is 0 Å². The number of carbonyl (C=O) groups excluding carboxylic acids is 1. The maximum Gasteiger partial charge on any atom is 0.252 e. The Hall–Kier alpha value is -1.62. The molecule has 0 unspecified atom stereocenters. The van der Waals surface area contributed by atoms with Gasteiger partial charge in [0.15, 0.2) is 0 Å². The van der Waals surface area contributed by atoms with Gasteiger partial charge >= 0.3 is 0 Å². The molecule has 2 N–H and O–H groups in total. The molecule has 0 aliphatic rings. The van der Waals surface area contributed by atoms with E-state index in [2.05, 4.69) is 26.2 Å². The fourth-order valence-electron chi connectivity index (χ4n) is 1.42. The van der Waals surface area contributed by atoms with Crippen LogP contribution < -0.4 is 5.32 Å². The van der Waals surface area contributed by atoms with Gasteiger partial charge in [-0.15, -0.1) is 0 Å². The fraction of sp³-hybridized carbons (Fsp3) is 0.0833. The molecule has 2 rings (SSSR count). The summed E-state index contributed by atoms with van der Waals surface area (Å²) in [6.07, 6.45) is 3.59. The number of aromatic nitrogens is 1. The van der Waals surface area contributed by atoms with Crippen LogP contribution in [0.3, 0.4) is 0 Å². The highest BCUT2D eigenvalue weighted by molar-refractivity contribution is 9.10. The Morgan fingerprint density at radius 1 is 1.41 bits per heavy atom. The summed E-state index contributed by atoms with van der Waals surface area (Å²) >= 11 is 3.16. The third-order valence-electron chi connectivity index (χ3n) is 2.29. The minimum atomic E-state index is -0.376. The molecule has 1 heterocycles. The van der Waals surface area contributed by atoms with Gasteiger partial charge in [-0.05, 0) is 45.8 Å². The van der Waals surface area contributed by atoms with Crippen LogP contribution in [0.15, 0.2) is 41.1 Å². The number of carbonyl (C=O) groups is 1. The molecule has 17 heavy (non-hydrogen) atoms. The molecule has 0 bridgehead atoms. The van der Waals surface area contributed by atoms with Crippen LogP contribution in [0.1, 0.15) is 15.9 Å². The molecule has 5 heteroatoms. The van der Waals surface area contributed by atoms with E-state index in [1.54, 1.807) is 12.4 Å². The van der Waals surface area contributed by atoms with Crippen molar-refractivity contribution in [2.24, 2.45) is 0 Å². The maximum absolute atomic E-state index is 12.9. The van der Waals surface area contributed by atoms with Crippen molar-refractivity contribution in [2.75, 3.05) is 0 Å². The average Bonchev–Trinajstić information content (AvgIpc) is 2.78. The molecule has 0 atom stereocenters. The van der Waals surface area contributed by atoms with Gasteiger partial charge < -0.3 is 10.3 Å². The number of nitrogens with one attached hydrogen (secondary N) is 2. The summed E-state index contributed by atoms with van der Waals surface area (Å²) in [6.45, 7) is 0.437. The SMILES string of the molecule is O=C(NCc1cc[nH]c1)c1ccc(F)cc1Br. The van der Waals surface area contributed by atoms with E-state index in [9.17, 15) is 9.18 Å².